The summed E-state index contributed by atoms with van der Waals surface area (Å²) in [4.78, 5) is 17.7. The van der Waals surface area contributed by atoms with Crippen LogP contribution in [0.15, 0.2) is 60.8 Å². The number of halogens is 1. The van der Waals surface area contributed by atoms with Crippen molar-refractivity contribution in [3.63, 3.8) is 0 Å². The third-order valence-corrected chi connectivity index (χ3v) is 5.52. The van der Waals surface area contributed by atoms with Gasteiger partial charge in [-0.25, -0.2) is 4.98 Å². The van der Waals surface area contributed by atoms with Gasteiger partial charge in [-0.3, -0.25) is 4.79 Å². The molecule has 0 saturated carbocycles. The van der Waals surface area contributed by atoms with Crippen LogP contribution in [0.4, 0.5) is 0 Å². The standard InChI is InChI=1S/C25H24ClN3O2/c1-16-4-8-19(9-5-16)25-21(29-15-17(2)6-11-23(29)28-25)13-24(30)27-14-18-7-10-22(31-3)20(26)12-18/h4-12,15H,13-14H2,1-3H3,(H,27,30). The molecule has 0 atom stereocenters. The molecule has 0 spiro atoms. The van der Waals surface area contributed by atoms with E-state index in [2.05, 4.69) is 24.4 Å². The third-order valence-electron chi connectivity index (χ3n) is 5.22. The molecule has 158 valence electrons. The van der Waals surface area contributed by atoms with E-state index in [0.717, 1.165) is 33.7 Å². The number of nitrogens with one attached hydrogen (secondary N) is 1. The molecule has 2 aromatic heterocycles. The Morgan fingerprint density at radius 2 is 1.81 bits per heavy atom. The van der Waals surface area contributed by atoms with Crippen molar-refractivity contribution in [1.82, 2.24) is 14.7 Å². The molecule has 0 aliphatic heterocycles. The number of nitrogens with zero attached hydrogens (tertiary/aromatic N) is 2. The Morgan fingerprint density at radius 1 is 1.06 bits per heavy atom. The number of hydrogen-bond donors (Lipinski definition) is 1. The number of aryl methyl sites for hydroxylation is 2. The van der Waals surface area contributed by atoms with Crippen molar-refractivity contribution in [3.05, 3.63) is 88.2 Å². The number of hydrogen-bond acceptors (Lipinski definition) is 3. The molecule has 6 heteroatoms. The maximum atomic E-state index is 12.8. The van der Waals surface area contributed by atoms with E-state index in [4.69, 9.17) is 21.3 Å². The lowest BCUT2D eigenvalue weighted by atomic mass is 10.1. The van der Waals surface area contributed by atoms with Gasteiger partial charge < -0.3 is 14.5 Å². The highest BCUT2D eigenvalue weighted by molar-refractivity contribution is 6.32. The lowest BCUT2D eigenvalue weighted by Crippen LogP contribution is -2.25. The van der Waals surface area contributed by atoms with Gasteiger partial charge in [0.2, 0.25) is 5.91 Å². The van der Waals surface area contributed by atoms with Crippen molar-refractivity contribution in [1.29, 1.82) is 0 Å². The van der Waals surface area contributed by atoms with Gasteiger partial charge in [-0.05, 0) is 43.2 Å². The number of pyridine rings is 1. The number of carbonyl (C=O) groups is 1. The normalized spacial score (nSPS) is 11.0. The molecule has 31 heavy (non-hydrogen) atoms. The smallest absolute Gasteiger partial charge is 0.226 e. The van der Waals surface area contributed by atoms with Crippen LogP contribution in [0.2, 0.25) is 5.02 Å². The van der Waals surface area contributed by atoms with Crippen LogP contribution in [0.1, 0.15) is 22.4 Å². The van der Waals surface area contributed by atoms with Gasteiger partial charge in [-0.2, -0.15) is 0 Å². The fraction of sp³-hybridized carbons (Fsp3) is 0.200. The van der Waals surface area contributed by atoms with Gasteiger partial charge >= 0.3 is 0 Å². The van der Waals surface area contributed by atoms with E-state index >= 15 is 0 Å². The maximum Gasteiger partial charge on any atom is 0.226 e. The summed E-state index contributed by atoms with van der Waals surface area (Å²) in [5.41, 5.74) is 6.71. The zero-order valence-electron chi connectivity index (χ0n) is 17.8. The number of ether oxygens (including phenoxy) is 1. The number of amides is 1. The highest BCUT2D eigenvalue weighted by Gasteiger charge is 2.17. The lowest BCUT2D eigenvalue weighted by Gasteiger charge is -2.09. The van der Waals surface area contributed by atoms with Crippen LogP contribution in [-0.2, 0) is 17.8 Å². The van der Waals surface area contributed by atoms with Crippen molar-refractivity contribution in [2.45, 2.75) is 26.8 Å². The van der Waals surface area contributed by atoms with E-state index in [1.807, 2.05) is 47.9 Å². The van der Waals surface area contributed by atoms with Gasteiger partial charge in [-0.15, -0.1) is 0 Å². The van der Waals surface area contributed by atoms with Gasteiger partial charge in [0.25, 0.3) is 0 Å². The number of imidazole rings is 1. The number of aromatic nitrogens is 2. The molecule has 2 aromatic carbocycles. The van der Waals surface area contributed by atoms with Crippen molar-refractivity contribution in [2.24, 2.45) is 0 Å². The van der Waals surface area contributed by atoms with Gasteiger partial charge in [0.15, 0.2) is 0 Å². The van der Waals surface area contributed by atoms with Crippen LogP contribution in [0.25, 0.3) is 16.9 Å². The largest absolute Gasteiger partial charge is 0.495 e. The van der Waals surface area contributed by atoms with E-state index in [1.54, 1.807) is 19.2 Å². The number of benzene rings is 2. The SMILES string of the molecule is COc1ccc(CNC(=O)Cc2c(-c3ccc(C)cc3)nc3ccc(C)cn23)cc1Cl. The topological polar surface area (TPSA) is 55.6 Å². The average molecular weight is 434 g/mol. The molecule has 0 saturated heterocycles. The summed E-state index contributed by atoms with van der Waals surface area (Å²) in [7, 11) is 1.58. The summed E-state index contributed by atoms with van der Waals surface area (Å²) in [5.74, 6) is 0.532. The minimum Gasteiger partial charge on any atom is -0.495 e. The third kappa shape index (κ3) is 4.57. The summed E-state index contributed by atoms with van der Waals surface area (Å²) in [6.07, 6.45) is 2.24. The van der Waals surface area contributed by atoms with Crippen molar-refractivity contribution >= 4 is 23.2 Å². The fourth-order valence-corrected chi connectivity index (χ4v) is 3.83. The molecule has 0 bridgehead atoms. The Labute approximate surface area is 186 Å². The molecule has 2 heterocycles. The summed E-state index contributed by atoms with van der Waals surface area (Å²) < 4.78 is 7.19. The van der Waals surface area contributed by atoms with E-state index in [1.165, 1.54) is 5.56 Å². The Hall–Kier alpha value is -3.31. The van der Waals surface area contributed by atoms with E-state index in [9.17, 15) is 4.79 Å². The summed E-state index contributed by atoms with van der Waals surface area (Å²) in [5, 5.41) is 3.51. The van der Waals surface area contributed by atoms with Gasteiger partial charge in [-0.1, -0.05) is 53.6 Å². The van der Waals surface area contributed by atoms with Crippen molar-refractivity contribution < 1.29 is 9.53 Å². The predicted octanol–water partition coefficient (Wildman–Crippen LogP) is 5.14. The predicted molar refractivity (Wildman–Crippen MR) is 124 cm³/mol. The Morgan fingerprint density at radius 3 is 2.52 bits per heavy atom. The Bertz CT molecular complexity index is 1250. The maximum absolute atomic E-state index is 12.8. The zero-order chi connectivity index (χ0) is 22.0. The highest BCUT2D eigenvalue weighted by atomic mass is 35.5. The number of rotatable bonds is 6. The van der Waals surface area contributed by atoms with Crippen molar-refractivity contribution in [3.8, 4) is 17.0 Å². The first-order chi connectivity index (χ1) is 14.9. The molecule has 4 aromatic rings. The Balaban J connectivity index is 1.60. The van der Waals surface area contributed by atoms with Crippen LogP contribution >= 0.6 is 11.6 Å². The van der Waals surface area contributed by atoms with E-state index < -0.39 is 0 Å². The number of methoxy groups -OCH3 is 1. The van der Waals surface area contributed by atoms with Gasteiger partial charge in [0.05, 0.1) is 29.9 Å². The van der Waals surface area contributed by atoms with Crippen molar-refractivity contribution in [2.75, 3.05) is 7.11 Å². The van der Waals surface area contributed by atoms with Gasteiger partial charge in [0, 0.05) is 18.3 Å². The quantitative estimate of drug-likeness (QED) is 0.458. The summed E-state index contributed by atoms with van der Waals surface area (Å²) in [6, 6.07) is 17.7. The van der Waals surface area contributed by atoms with Crippen LogP contribution < -0.4 is 10.1 Å². The summed E-state index contributed by atoms with van der Waals surface area (Å²) in [6.45, 7) is 4.47. The molecular weight excluding hydrogens is 410 g/mol. The monoisotopic (exact) mass is 433 g/mol. The fourth-order valence-electron chi connectivity index (χ4n) is 3.55. The van der Waals surface area contributed by atoms with E-state index in [-0.39, 0.29) is 12.3 Å². The second kappa shape index (κ2) is 8.82. The van der Waals surface area contributed by atoms with Crippen LogP contribution in [0.3, 0.4) is 0 Å². The van der Waals surface area contributed by atoms with Crippen LogP contribution in [-0.4, -0.2) is 22.4 Å². The first-order valence-electron chi connectivity index (χ1n) is 10.1. The van der Waals surface area contributed by atoms with Crippen LogP contribution in [0.5, 0.6) is 5.75 Å². The molecule has 1 N–H and O–H groups in total. The molecular formula is C25H24ClN3O2. The molecule has 0 aliphatic rings. The number of carbonyl (C=O) groups excluding carboxylic acids is 1. The minimum absolute atomic E-state index is 0.0800. The first kappa shape index (κ1) is 20.9. The molecule has 0 radical (unpaired) electrons. The molecule has 5 nitrogen and oxygen atoms in total. The van der Waals surface area contributed by atoms with E-state index in [0.29, 0.717) is 17.3 Å². The lowest BCUT2D eigenvalue weighted by molar-refractivity contribution is -0.120. The Kier molecular flexibility index (Phi) is 5.96. The van der Waals surface area contributed by atoms with Crippen LogP contribution in [0, 0.1) is 13.8 Å². The second-order valence-electron chi connectivity index (χ2n) is 7.63. The molecule has 0 aliphatic carbocycles. The molecule has 0 fully saturated rings. The zero-order valence-corrected chi connectivity index (χ0v) is 18.5. The number of fused-ring (bicyclic) bond motifs is 1. The molecule has 0 unspecified atom stereocenters. The highest BCUT2D eigenvalue weighted by Crippen LogP contribution is 2.27. The second-order valence-corrected chi connectivity index (χ2v) is 8.04. The molecule has 1 amide bonds. The van der Waals surface area contributed by atoms with Gasteiger partial charge in [0.1, 0.15) is 11.4 Å². The minimum atomic E-state index is -0.0800. The summed E-state index contributed by atoms with van der Waals surface area (Å²) >= 11 is 6.19. The first-order valence-corrected chi connectivity index (χ1v) is 10.5. The molecule has 4 rings (SSSR count). The average Bonchev–Trinajstić information content (AvgIpc) is 3.10.